The standard InChI is InChI=1S/C23H30ClNO2S/c1-5-21(27-19-12-10-18(11-13-19)23(2,3)4)22(26)25-14-15-28-16-17-8-6-7-9-20(17)24/h6-13,21H,5,14-16H2,1-4H3,(H,25,26)/t21-/m1/s1. The molecular formula is C23H30ClNO2S. The molecule has 1 N–H and O–H groups in total. The van der Waals surface area contributed by atoms with Gasteiger partial charge < -0.3 is 10.1 Å². The predicted molar refractivity (Wildman–Crippen MR) is 120 cm³/mol. The second kappa shape index (κ2) is 10.8. The molecule has 0 aromatic heterocycles. The van der Waals surface area contributed by atoms with Crippen LogP contribution in [0.3, 0.4) is 0 Å². The fraction of sp³-hybridized carbons (Fsp3) is 0.435. The van der Waals surface area contributed by atoms with Crippen LogP contribution < -0.4 is 10.1 Å². The third kappa shape index (κ3) is 7.06. The van der Waals surface area contributed by atoms with Crippen LogP contribution in [0, 0.1) is 0 Å². The highest BCUT2D eigenvalue weighted by Gasteiger charge is 2.19. The van der Waals surface area contributed by atoms with E-state index < -0.39 is 6.10 Å². The lowest BCUT2D eigenvalue weighted by atomic mass is 9.87. The first-order chi connectivity index (χ1) is 13.3. The van der Waals surface area contributed by atoms with Crippen molar-refractivity contribution < 1.29 is 9.53 Å². The largest absolute Gasteiger partial charge is 0.481 e. The van der Waals surface area contributed by atoms with Crippen molar-refractivity contribution in [3.63, 3.8) is 0 Å². The Balaban J connectivity index is 1.76. The number of carbonyl (C=O) groups excluding carboxylic acids is 1. The number of hydrogen-bond donors (Lipinski definition) is 1. The Morgan fingerprint density at radius 1 is 1.14 bits per heavy atom. The summed E-state index contributed by atoms with van der Waals surface area (Å²) in [6.07, 6.45) is 0.147. The van der Waals surface area contributed by atoms with Gasteiger partial charge in [0.05, 0.1) is 0 Å². The van der Waals surface area contributed by atoms with Crippen LogP contribution in [0.25, 0.3) is 0 Å². The van der Waals surface area contributed by atoms with Gasteiger partial charge in [0.25, 0.3) is 5.91 Å². The van der Waals surface area contributed by atoms with Crippen LogP contribution in [0.2, 0.25) is 5.02 Å². The topological polar surface area (TPSA) is 38.3 Å². The monoisotopic (exact) mass is 419 g/mol. The molecular weight excluding hydrogens is 390 g/mol. The van der Waals surface area contributed by atoms with E-state index in [0.29, 0.717) is 13.0 Å². The Morgan fingerprint density at radius 2 is 1.82 bits per heavy atom. The molecule has 0 fully saturated rings. The molecule has 0 aliphatic carbocycles. The molecule has 0 aliphatic heterocycles. The van der Waals surface area contributed by atoms with E-state index in [1.165, 1.54) is 5.56 Å². The number of benzene rings is 2. The van der Waals surface area contributed by atoms with Crippen LogP contribution in [-0.4, -0.2) is 24.3 Å². The quantitative estimate of drug-likeness (QED) is 0.518. The maximum atomic E-state index is 12.4. The number of halogens is 1. The minimum absolute atomic E-state index is 0.0688. The molecule has 2 rings (SSSR count). The molecule has 0 radical (unpaired) electrons. The first-order valence-corrected chi connectivity index (χ1v) is 11.2. The van der Waals surface area contributed by atoms with E-state index in [9.17, 15) is 4.79 Å². The zero-order chi connectivity index (χ0) is 20.6. The number of carbonyl (C=O) groups is 1. The van der Waals surface area contributed by atoms with E-state index in [1.807, 2.05) is 43.3 Å². The normalized spacial score (nSPS) is 12.5. The number of nitrogens with one attached hydrogen (secondary N) is 1. The maximum Gasteiger partial charge on any atom is 0.261 e. The Hall–Kier alpha value is -1.65. The van der Waals surface area contributed by atoms with Crippen molar-refractivity contribution in [2.45, 2.75) is 51.4 Å². The molecule has 3 nitrogen and oxygen atoms in total. The summed E-state index contributed by atoms with van der Waals surface area (Å²) in [6.45, 7) is 9.09. The van der Waals surface area contributed by atoms with Crippen molar-refractivity contribution in [2.24, 2.45) is 0 Å². The summed E-state index contributed by atoms with van der Waals surface area (Å²) in [7, 11) is 0. The van der Waals surface area contributed by atoms with Gasteiger partial charge in [-0.3, -0.25) is 4.79 Å². The van der Waals surface area contributed by atoms with Gasteiger partial charge in [-0.2, -0.15) is 11.8 Å². The molecule has 1 atom stereocenters. The van der Waals surface area contributed by atoms with E-state index in [1.54, 1.807) is 11.8 Å². The Kier molecular flexibility index (Phi) is 8.71. The molecule has 0 unspecified atom stereocenters. The fourth-order valence-electron chi connectivity index (χ4n) is 2.68. The number of thioether (sulfide) groups is 1. The lowest BCUT2D eigenvalue weighted by molar-refractivity contribution is -0.127. The number of rotatable bonds is 9. The van der Waals surface area contributed by atoms with Crippen molar-refractivity contribution in [2.75, 3.05) is 12.3 Å². The first kappa shape index (κ1) is 22.6. The summed E-state index contributed by atoms with van der Waals surface area (Å²) in [4.78, 5) is 12.4. The number of hydrogen-bond acceptors (Lipinski definition) is 3. The highest BCUT2D eigenvalue weighted by atomic mass is 35.5. The summed E-state index contributed by atoms with van der Waals surface area (Å²) in [5.41, 5.74) is 2.46. The molecule has 152 valence electrons. The van der Waals surface area contributed by atoms with Crippen molar-refractivity contribution in [1.29, 1.82) is 0 Å². The van der Waals surface area contributed by atoms with E-state index >= 15 is 0 Å². The average molecular weight is 420 g/mol. The van der Waals surface area contributed by atoms with Crippen molar-refractivity contribution in [3.8, 4) is 5.75 Å². The van der Waals surface area contributed by atoms with Crippen molar-refractivity contribution in [1.82, 2.24) is 5.32 Å². The van der Waals surface area contributed by atoms with E-state index in [2.05, 4.69) is 38.2 Å². The zero-order valence-electron chi connectivity index (χ0n) is 17.1. The van der Waals surface area contributed by atoms with Crippen LogP contribution >= 0.6 is 23.4 Å². The second-order valence-electron chi connectivity index (χ2n) is 7.72. The minimum Gasteiger partial charge on any atom is -0.481 e. The van der Waals surface area contributed by atoms with Gasteiger partial charge in [0, 0.05) is 23.1 Å². The minimum atomic E-state index is -0.478. The van der Waals surface area contributed by atoms with E-state index in [0.717, 1.165) is 27.8 Å². The zero-order valence-corrected chi connectivity index (χ0v) is 18.7. The Bertz CT molecular complexity index is 756. The highest BCUT2D eigenvalue weighted by Crippen LogP contribution is 2.25. The molecule has 1 amide bonds. The van der Waals surface area contributed by atoms with Crippen LogP contribution in [-0.2, 0) is 16.0 Å². The molecule has 2 aromatic carbocycles. The predicted octanol–water partition coefficient (Wildman–Crippen LogP) is 5.84. The van der Waals surface area contributed by atoms with E-state index in [4.69, 9.17) is 16.3 Å². The third-order valence-electron chi connectivity index (χ3n) is 4.42. The van der Waals surface area contributed by atoms with Gasteiger partial charge in [-0.1, -0.05) is 69.6 Å². The molecule has 5 heteroatoms. The summed E-state index contributed by atoms with van der Waals surface area (Å²) in [5.74, 6) is 2.32. The van der Waals surface area contributed by atoms with Gasteiger partial charge in [0.2, 0.25) is 0 Å². The van der Waals surface area contributed by atoms with Gasteiger partial charge in [0.1, 0.15) is 5.75 Å². The Morgan fingerprint density at radius 3 is 2.43 bits per heavy atom. The van der Waals surface area contributed by atoms with Crippen molar-refractivity contribution in [3.05, 3.63) is 64.7 Å². The highest BCUT2D eigenvalue weighted by molar-refractivity contribution is 7.98. The fourth-order valence-corrected chi connectivity index (χ4v) is 3.82. The summed E-state index contributed by atoms with van der Waals surface area (Å²) < 4.78 is 5.90. The lowest BCUT2D eigenvalue weighted by Crippen LogP contribution is -2.39. The van der Waals surface area contributed by atoms with Gasteiger partial charge in [-0.05, 0) is 41.2 Å². The molecule has 2 aromatic rings. The van der Waals surface area contributed by atoms with Crippen LogP contribution in [0.1, 0.15) is 45.2 Å². The van der Waals surface area contributed by atoms with Crippen LogP contribution in [0.15, 0.2) is 48.5 Å². The maximum absolute atomic E-state index is 12.4. The molecule has 28 heavy (non-hydrogen) atoms. The molecule has 0 aliphatic rings. The van der Waals surface area contributed by atoms with Crippen molar-refractivity contribution >= 4 is 29.3 Å². The summed E-state index contributed by atoms with van der Waals surface area (Å²) >= 11 is 7.91. The molecule has 0 heterocycles. The number of amides is 1. The Labute approximate surface area is 178 Å². The lowest BCUT2D eigenvalue weighted by Gasteiger charge is -2.21. The summed E-state index contributed by atoms with van der Waals surface area (Å²) in [6, 6.07) is 15.8. The van der Waals surface area contributed by atoms with Gasteiger partial charge in [-0.15, -0.1) is 0 Å². The third-order valence-corrected chi connectivity index (χ3v) is 5.80. The van der Waals surface area contributed by atoms with E-state index in [-0.39, 0.29) is 11.3 Å². The smallest absolute Gasteiger partial charge is 0.261 e. The average Bonchev–Trinajstić information content (AvgIpc) is 2.66. The first-order valence-electron chi connectivity index (χ1n) is 9.67. The second-order valence-corrected chi connectivity index (χ2v) is 9.24. The van der Waals surface area contributed by atoms with Crippen LogP contribution in [0.4, 0.5) is 0 Å². The van der Waals surface area contributed by atoms with Gasteiger partial charge in [-0.25, -0.2) is 0 Å². The SMILES string of the molecule is CC[C@@H](Oc1ccc(C(C)(C)C)cc1)C(=O)NCCSCc1ccccc1Cl. The molecule has 0 bridgehead atoms. The van der Waals surface area contributed by atoms with Gasteiger partial charge in [0.15, 0.2) is 6.10 Å². The summed E-state index contributed by atoms with van der Waals surface area (Å²) in [5, 5.41) is 3.76. The number of ether oxygens (including phenoxy) is 1. The molecule has 0 saturated heterocycles. The molecule has 0 spiro atoms. The molecule has 0 saturated carbocycles. The van der Waals surface area contributed by atoms with Gasteiger partial charge >= 0.3 is 0 Å². The van der Waals surface area contributed by atoms with Crippen LogP contribution in [0.5, 0.6) is 5.75 Å².